The largest absolute Gasteiger partial charge is 0.331 e. The van der Waals surface area contributed by atoms with E-state index in [0.29, 0.717) is 12.4 Å². The zero-order valence-corrected chi connectivity index (χ0v) is 16.9. The molecule has 0 bridgehead atoms. The fourth-order valence-electron chi connectivity index (χ4n) is 3.39. The summed E-state index contributed by atoms with van der Waals surface area (Å²) in [5.41, 5.74) is 1.42. The molecule has 0 aliphatic heterocycles. The van der Waals surface area contributed by atoms with Gasteiger partial charge < -0.3 is 9.47 Å². The maximum absolute atomic E-state index is 14.2. The highest BCUT2D eigenvalue weighted by atomic mass is 19.1. The number of hydrogen-bond acceptors (Lipinski definition) is 3. The summed E-state index contributed by atoms with van der Waals surface area (Å²) in [7, 11) is 0. The molecule has 7 heteroatoms. The van der Waals surface area contributed by atoms with E-state index in [4.69, 9.17) is 0 Å². The molecule has 0 aliphatic rings. The quantitative estimate of drug-likeness (QED) is 0.478. The number of halogens is 2. The van der Waals surface area contributed by atoms with Crippen molar-refractivity contribution in [1.82, 2.24) is 19.4 Å². The first-order chi connectivity index (χ1) is 14.0. The molecule has 1 aromatic carbocycles. The zero-order chi connectivity index (χ0) is 20.8. The highest BCUT2D eigenvalue weighted by Gasteiger charge is 2.22. The van der Waals surface area contributed by atoms with Gasteiger partial charge >= 0.3 is 0 Å². The standard InChI is InChI=1S/C22H26F2N4O/c1-3-5-6-13-27(22(29)17-10-9-16(23)14-18(17)24)15-20-26-19-8-7-11-25-21(19)28(20)12-4-2/h7-11,14H,3-6,12-13,15H2,1-2H3. The molecule has 0 saturated heterocycles. The lowest BCUT2D eigenvalue weighted by atomic mass is 10.1. The number of rotatable bonds is 9. The number of imidazole rings is 1. The van der Waals surface area contributed by atoms with Crippen LogP contribution in [0.1, 0.15) is 55.7 Å². The predicted octanol–water partition coefficient (Wildman–Crippen LogP) is 4.95. The Morgan fingerprint density at radius 2 is 1.97 bits per heavy atom. The number of aryl methyl sites for hydroxylation is 1. The predicted molar refractivity (Wildman–Crippen MR) is 108 cm³/mol. The first kappa shape index (κ1) is 20.9. The van der Waals surface area contributed by atoms with E-state index in [0.717, 1.165) is 55.5 Å². The Bertz CT molecular complexity index is 986. The summed E-state index contributed by atoms with van der Waals surface area (Å²) in [6.07, 6.45) is 5.38. The molecule has 0 aliphatic carbocycles. The van der Waals surface area contributed by atoms with Crippen LogP contribution in [0.3, 0.4) is 0 Å². The minimum Gasteiger partial charge on any atom is -0.331 e. The molecule has 0 atom stereocenters. The third-order valence-corrected chi connectivity index (χ3v) is 4.84. The van der Waals surface area contributed by atoms with Gasteiger partial charge in [-0.05, 0) is 37.1 Å². The molecule has 0 radical (unpaired) electrons. The normalized spacial score (nSPS) is 11.2. The van der Waals surface area contributed by atoms with Crippen LogP contribution in [0.15, 0.2) is 36.5 Å². The number of fused-ring (bicyclic) bond motifs is 1. The fourth-order valence-corrected chi connectivity index (χ4v) is 3.39. The van der Waals surface area contributed by atoms with E-state index in [1.807, 2.05) is 16.7 Å². The van der Waals surface area contributed by atoms with Crippen LogP contribution in [-0.2, 0) is 13.1 Å². The number of amides is 1. The summed E-state index contributed by atoms with van der Waals surface area (Å²) in [5, 5.41) is 0. The van der Waals surface area contributed by atoms with Crippen LogP contribution in [0, 0.1) is 11.6 Å². The zero-order valence-electron chi connectivity index (χ0n) is 16.9. The van der Waals surface area contributed by atoms with Crippen molar-refractivity contribution in [2.45, 2.75) is 52.6 Å². The molecule has 0 unspecified atom stereocenters. The summed E-state index contributed by atoms with van der Waals surface area (Å²) < 4.78 is 29.5. The molecule has 0 spiro atoms. The number of nitrogens with zero attached hydrogens (tertiary/aromatic N) is 4. The molecular weight excluding hydrogens is 374 g/mol. The molecule has 2 aromatic heterocycles. The van der Waals surface area contributed by atoms with Crippen LogP contribution < -0.4 is 0 Å². The van der Waals surface area contributed by atoms with Crippen LogP contribution in [-0.4, -0.2) is 31.9 Å². The summed E-state index contributed by atoms with van der Waals surface area (Å²) in [5.74, 6) is -1.29. The topological polar surface area (TPSA) is 51.0 Å². The molecule has 0 fully saturated rings. The Hall–Kier alpha value is -2.83. The van der Waals surface area contributed by atoms with Gasteiger partial charge in [-0.3, -0.25) is 4.79 Å². The van der Waals surface area contributed by atoms with Crippen LogP contribution in [0.5, 0.6) is 0 Å². The van der Waals surface area contributed by atoms with E-state index >= 15 is 0 Å². The van der Waals surface area contributed by atoms with Crippen molar-refractivity contribution in [3.05, 3.63) is 59.6 Å². The molecule has 3 rings (SSSR count). The van der Waals surface area contributed by atoms with Crippen molar-refractivity contribution in [2.24, 2.45) is 0 Å². The molecule has 154 valence electrons. The van der Waals surface area contributed by atoms with Gasteiger partial charge in [0, 0.05) is 25.4 Å². The number of carbonyl (C=O) groups is 1. The summed E-state index contributed by atoms with van der Waals surface area (Å²) in [6, 6.07) is 6.77. The Morgan fingerprint density at radius 1 is 1.14 bits per heavy atom. The monoisotopic (exact) mass is 400 g/mol. The second-order valence-electron chi connectivity index (χ2n) is 7.08. The number of unbranched alkanes of at least 4 members (excludes halogenated alkanes) is 2. The molecule has 0 saturated carbocycles. The van der Waals surface area contributed by atoms with Gasteiger partial charge in [0.25, 0.3) is 5.91 Å². The first-order valence-corrected chi connectivity index (χ1v) is 10.1. The third-order valence-electron chi connectivity index (χ3n) is 4.84. The van der Waals surface area contributed by atoms with Crippen molar-refractivity contribution in [3.63, 3.8) is 0 Å². The van der Waals surface area contributed by atoms with Crippen LogP contribution >= 0.6 is 0 Å². The van der Waals surface area contributed by atoms with Gasteiger partial charge in [-0.15, -0.1) is 0 Å². The van der Waals surface area contributed by atoms with Crippen molar-refractivity contribution < 1.29 is 13.6 Å². The Morgan fingerprint density at radius 3 is 2.69 bits per heavy atom. The van der Waals surface area contributed by atoms with E-state index in [1.54, 1.807) is 11.1 Å². The molecule has 29 heavy (non-hydrogen) atoms. The Kier molecular flexibility index (Phi) is 6.90. The summed E-state index contributed by atoms with van der Waals surface area (Å²) >= 11 is 0. The second-order valence-corrected chi connectivity index (χ2v) is 7.08. The molecule has 2 heterocycles. The van der Waals surface area contributed by atoms with Gasteiger partial charge in [-0.2, -0.15) is 0 Å². The van der Waals surface area contributed by atoms with E-state index in [1.165, 1.54) is 6.07 Å². The van der Waals surface area contributed by atoms with E-state index in [9.17, 15) is 13.6 Å². The van der Waals surface area contributed by atoms with Gasteiger partial charge in [0.2, 0.25) is 0 Å². The number of benzene rings is 1. The average molecular weight is 400 g/mol. The van der Waals surface area contributed by atoms with Crippen LogP contribution in [0.2, 0.25) is 0 Å². The smallest absolute Gasteiger partial charge is 0.257 e. The SMILES string of the molecule is CCCCCN(Cc1nc2cccnc2n1CCC)C(=O)c1ccc(F)cc1F. The lowest BCUT2D eigenvalue weighted by Gasteiger charge is -2.23. The highest BCUT2D eigenvalue weighted by molar-refractivity contribution is 5.94. The second kappa shape index (κ2) is 9.58. The fraction of sp³-hybridized carbons (Fsp3) is 0.409. The first-order valence-electron chi connectivity index (χ1n) is 10.1. The number of carbonyl (C=O) groups excluding carboxylic acids is 1. The Labute approximate surface area is 169 Å². The van der Waals surface area contributed by atoms with Gasteiger partial charge in [0.1, 0.15) is 23.0 Å². The molecule has 0 N–H and O–H groups in total. The number of aromatic nitrogens is 3. The maximum atomic E-state index is 14.2. The van der Waals surface area contributed by atoms with Crippen molar-refractivity contribution in [2.75, 3.05) is 6.54 Å². The van der Waals surface area contributed by atoms with Crippen molar-refractivity contribution >= 4 is 17.1 Å². The van der Waals surface area contributed by atoms with Gasteiger partial charge in [-0.25, -0.2) is 18.7 Å². The number of pyridine rings is 1. The average Bonchev–Trinajstić information content (AvgIpc) is 3.04. The molecular formula is C22H26F2N4O. The van der Waals surface area contributed by atoms with Crippen molar-refractivity contribution in [3.8, 4) is 0 Å². The van der Waals surface area contributed by atoms with Gasteiger partial charge in [0.15, 0.2) is 5.65 Å². The van der Waals surface area contributed by atoms with Crippen LogP contribution in [0.4, 0.5) is 8.78 Å². The van der Waals surface area contributed by atoms with E-state index in [-0.39, 0.29) is 12.1 Å². The molecule has 1 amide bonds. The maximum Gasteiger partial charge on any atom is 0.257 e. The minimum atomic E-state index is -0.848. The highest BCUT2D eigenvalue weighted by Crippen LogP contribution is 2.19. The lowest BCUT2D eigenvalue weighted by molar-refractivity contribution is 0.0729. The summed E-state index contributed by atoms with van der Waals surface area (Å²) in [6.45, 7) is 5.60. The van der Waals surface area contributed by atoms with E-state index in [2.05, 4.69) is 23.8 Å². The van der Waals surface area contributed by atoms with Gasteiger partial charge in [0.05, 0.1) is 12.1 Å². The lowest BCUT2D eigenvalue weighted by Crippen LogP contribution is -2.33. The Balaban J connectivity index is 1.94. The number of hydrogen-bond donors (Lipinski definition) is 0. The molecule has 5 nitrogen and oxygen atoms in total. The molecule has 3 aromatic rings. The van der Waals surface area contributed by atoms with Crippen molar-refractivity contribution in [1.29, 1.82) is 0 Å². The summed E-state index contributed by atoms with van der Waals surface area (Å²) in [4.78, 5) is 23.8. The van der Waals surface area contributed by atoms with Gasteiger partial charge in [-0.1, -0.05) is 26.7 Å². The minimum absolute atomic E-state index is 0.126. The third kappa shape index (κ3) is 4.78. The van der Waals surface area contributed by atoms with Crippen LogP contribution in [0.25, 0.3) is 11.2 Å². The van der Waals surface area contributed by atoms with E-state index < -0.39 is 17.5 Å².